The molecule has 1 spiro atoms. The molecule has 0 bridgehead atoms. The van der Waals surface area contributed by atoms with Crippen molar-refractivity contribution in [3.8, 4) is 11.5 Å². The third-order valence-corrected chi connectivity index (χ3v) is 5.58. The predicted molar refractivity (Wildman–Crippen MR) is 98.4 cm³/mol. The number of benzene rings is 1. The fourth-order valence-corrected chi connectivity index (χ4v) is 4.21. The number of carbonyl (C=O) groups excluding carboxylic acids is 1. The van der Waals surface area contributed by atoms with Crippen molar-refractivity contribution >= 4 is 5.91 Å². The quantitative estimate of drug-likeness (QED) is 0.822. The van der Waals surface area contributed by atoms with E-state index in [-0.39, 0.29) is 11.4 Å². The molecule has 1 atom stereocenters. The SMILES string of the molecule is COc1ccc(OC)c(C(=O)N2CCC[C@@]3(CCN3CC(C)C)C2)c1. The van der Waals surface area contributed by atoms with Crippen LogP contribution in [-0.2, 0) is 0 Å². The number of nitrogens with zero attached hydrogens (tertiary/aromatic N) is 2. The monoisotopic (exact) mass is 346 g/mol. The zero-order chi connectivity index (χ0) is 18.0. The van der Waals surface area contributed by atoms with Gasteiger partial charge < -0.3 is 14.4 Å². The largest absolute Gasteiger partial charge is 0.497 e. The molecule has 2 aliphatic rings. The number of hydrogen-bond donors (Lipinski definition) is 0. The maximum atomic E-state index is 13.2. The molecule has 1 amide bonds. The van der Waals surface area contributed by atoms with Crippen LogP contribution >= 0.6 is 0 Å². The van der Waals surface area contributed by atoms with Crippen LogP contribution in [0.5, 0.6) is 11.5 Å². The Morgan fingerprint density at radius 2 is 2.00 bits per heavy atom. The van der Waals surface area contributed by atoms with Crippen molar-refractivity contribution in [2.75, 3.05) is 40.4 Å². The van der Waals surface area contributed by atoms with Crippen molar-refractivity contribution in [2.24, 2.45) is 5.92 Å². The van der Waals surface area contributed by atoms with Crippen LogP contribution in [0.4, 0.5) is 0 Å². The smallest absolute Gasteiger partial charge is 0.257 e. The van der Waals surface area contributed by atoms with Gasteiger partial charge in [-0.2, -0.15) is 0 Å². The van der Waals surface area contributed by atoms with E-state index >= 15 is 0 Å². The second-order valence-corrected chi connectivity index (χ2v) is 7.71. The highest BCUT2D eigenvalue weighted by Gasteiger charge is 2.48. The summed E-state index contributed by atoms with van der Waals surface area (Å²) in [5.74, 6) is 1.99. The van der Waals surface area contributed by atoms with Crippen LogP contribution in [0.1, 0.15) is 43.5 Å². The van der Waals surface area contributed by atoms with Gasteiger partial charge in [0.2, 0.25) is 0 Å². The molecule has 25 heavy (non-hydrogen) atoms. The van der Waals surface area contributed by atoms with Gasteiger partial charge in [-0.15, -0.1) is 0 Å². The molecule has 1 aromatic rings. The molecule has 5 heteroatoms. The van der Waals surface area contributed by atoms with Crippen molar-refractivity contribution in [1.29, 1.82) is 0 Å². The Hall–Kier alpha value is -1.75. The van der Waals surface area contributed by atoms with E-state index in [1.54, 1.807) is 26.4 Å². The second-order valence-electron chi connectivity index (χ2n) is 7.71. The first-order valence-corrected chi connectivity index (χ1v) is 9.25. The summed E-state index contributed by atoms with van der Waals surface area (Å²) in [6.07, 6.45) is 3.45. The summed E-state index contributed by atoms with van der Waals surface area (Å²) in [5.41, 5.74) is 0.776. The normalized spacial score (nSPS) is 23.6. The average Bonchev–Trinajstić information content (AvgIpc) is 2.64. The molecular weight excluding hydrogens is 316 g/mol. The van der Waals surface area contributed by atoms with Gasteiger partial charge in [-0.3, -0.25) is 9.69 Å². The third-order valence-electron chi connectivity index (χ3n) is 5.58. The zero-order valence-corrected chi connectivity index (χ0v) is 15.9. The van der Waals surface area contributed by atoms with Crippen molar-refractivity contribution in [3.63, 3.8) is 0 Å². The first kappa shape index (κ1) is 18.1. The number of likely N-dealkylation sites (tertiary alicyclic amines) is 2. The Morgan fingerprint density at radius 1 is 1.20 bits per heavy atom. The maximum absolute atomic E-state index is 13.2. The fraction of sp³-hybridized carbons (Fsp3) is 0.650. The number of amides is 1. The van der Waals surface area contributed by atoms with E-state index in [0.29, 0.717) is 23.0 Å². The number of carbonyl (C=O) groups is 1. The van der Waals surface area contributed by atoms with Gasteiger partial charge in [-0.25, -0.2) is 0 Å². The van der Waals surface area contributed by atoms with Gasteiger partial charge in [-0.1, -0.05) is 13.8 Å². The standard InChI is InChI=1S/C20H30N2O3/c1-15(2)13-22-11-9-20(22)8-5-10-21(14-20)19(23)17-12-16(24-3)6-7-18(17)25-4/h6-7,12,15H,5,8-11,13-14H2,1-4H3/t20-/m1/s1. The van der Waals surface area contributed by atoms with Crippen molar-refractivity contribution in [1.82, 2.24) is 9.80 Å². The van der Waals surface area contributed by atoms with Crippen molar-refractivity contribution in [2.45, 2.75) is 38.6 Å². The minimum absolute atomic E-state index is 0.0474. The number of methoxy groups -OCH3 is 2. The van der Waals surface area contributed by atoms with Crippen molar-refractivity contribution in [3.05, 3.63) is 23.8 Å². The molecule has 0 aromatic heterocycles. The van der Waals surface area contributed by atoms with Gasteiger partial charge in [0, 0.05) is 31.7 Å². The summed E-state index contributed by atoms with van der Waals surface area (Å²) < 4.78 is 10.7. The topological polar surface area (TPSA) is 42.0 Å². The molecule has 0 unspecified atom stereocenters. The highest BCUT2D eigenvalue weighted by molar-refractivity contribution is 5.97. The Kier molecular flexibility index (Phi) is 5.23. The van der Waals surface area contributed by atoms with E-state index in [2.05, 4.69) is 18.7 Å². The summed E-state index contributed by atoms with van der Waals surface area (Å²) in [4.78, 5) is 17.8. The predicted octanol–water partition coefficient (Wildman–Crippen LogP) is 3.04. The van der Waals surface area contributed by atoms with Crippen LogP contribution in [-0.4, -0.2) is 61.6 Å². The van der Waals surface area contributed by atoms with E-state index in [1.807, 2.05) is 11.0 Å². The lowest BCUT2D eigenvalue weighted by atomic mass is 9.77. The Bertz CT molecular complexity index is 631. The molecule has 2 saturated heterocycles. The fourth-order valence-electron chi connectivity index (χ4n) is 4.21. The molecule has 138 valence electrons. The Morgan fingerprint density at radius 3 is 2.60 bits per heavy atom. The lowest BCUT2D eigenvalue weighted by Gasteiger charge is -2.57. The molecular formula is C20H30N2O3. The molecule has 5 nitrogen and oxygen atoms in total. The first-order chi connectivity index (χ1) is 12.0. The molecule has 1 aromatic carbocycles. The third kappa shape index (κ3) is 3.47. The molecule has 0 radical (unpaired) electrons. The second kappa shape index (κ2) is 7.24. The lowest BCUT2D eigenvalue weighted by Crippen LogP contribution is -2.67. The minimum atomic E-state index is 0.0474. The van der Waals surface area contributed by atoms with Crippen LogP contribution in [0.25, 0.3) is 0 Å². The van der Waals surface area contributed by atoms with Crippen LogP contribution in [0.2, 0.25) is 0 Å². The van der Waals surface area contributed by atoms with Gasteiger partial charge in [-0.05, 0) is 43.4 Å². The van der Waals surface area contributed by atoms with Gasteiger partial charge in [0.15, 0.2) is 0 Å². The van der Waals surface area contributed by atoms with E-state index in [4.69, 9.17) is 9.47 Å². The number of piperidine rings is 1. The average molecular weight is 346 g/mol. The van der Waals surface area contributed by atoms with Crippen LogP contribution in [0.3, 0.4) is 0 Å². The van der Waals surface area contributed by atoms with Crippen LogP contribution in [0.15, 0.2) is 18.2 Å². The first-order valence-electron chi connectivity index (χ1n) is 9.25. The van der Waals surface area contributed by atoms with Crippen molar-refractivity contribution < 1.29 is 14.3 Å². The molecule has 0 N–H and O–H groups in total. The number of ether oxygens (including phenoxy) is 2. The zero-order valence-electron chi connectivity index (χ0n) is 15.9. The molecule has 3 rings (SSSR count). The summed E-state index contributed by atoms with van der Waals surface area (Å²) in [6, 6.07) is 5.42. The summed E-state index contributed by atoms with van der Waals surface area (Å²) in [6.45, 7) is 8.43. The highest BCUT2D eigenvalue weighted by Crippen LogP contribution is 2.39. The summed E-state index contributed by atoms with van der Waals surface area (Å²) >= 11 is 0. The van der Waals surface area contributed by atoms with Gasteiger partial charge >= 0.3 is 0 Å². The van der Waals surface area contributed by atoms with Gasteiger partial charge in [0.05, 0.1) is 19.8 Å². The molecule has 2 heterocycles. The van der Waals surface area contributed by atoms with E-state index in [1.165, 1.54) is 12.8 Å². The van der Waals surface area contributed by atoms with Gasteiger partial charge in [0.25, 0.3) is 5.91 Å². The minimum Gasteiger partial charge on any atom is -0.497 e. The lowest BCUT2D eigenvalue weighted by molar-refractivity contribution is -0.0648. The van der Waals surface area contributed by atoms with Crippen LogP contribution < -0.4 is 9.47 Å². The maximum Gasteiger partial charge on any atom is 0.257 e. The van der Waals surface area contributed by atoms with E-state index in [9.17, 15) is 4.79 Å². The molecule has 0 saturated carbocycles. The summed E-state index contributed by atoms with van der Waals surface area (Å²) in [5, 5.41) is 0. The highest BCUT2D eigenvalue weighted by atomic mass is 16.5. The van der Waals surface area contributed by atoms with E-state index in [0.717, 1.165) is 32.6 Å². The Labute approximate surface area is 150 Å². The number of hydrogen-bond acceptors (Lipinski definition) is 4. The molecule has 0 aliphatic carbocycles. The number of rotatable bonds is 5. The van der Waals surface area contributed by atoms with Crippen LogP contribution in [0, 0.1) is 5.92 Å². The molecule has 2 fully saturated rings. The Balaban J connectivity index is 1.79. The van der Waals surface area contributed by atoms with E-state index < -0.39 is 0 Å². The van der Waals surface area contributed by atoms with Gasteiger partial charge in [0.1, 0.15) is 11.5 Å². The summed E-state index contributed by atoms with van der Waals surface area (Å²) in [7, 11) is 3.22. The molecule has 2 aliphatic heterocycles.